The van der Waals surface area contributed by atoms with E-state index in [9.17, 15) is 19.8 Å². The third-order valence-corrected chi connectivity index (χ3v) is 11.5. The first-order valence-electron chi connectivity index (χ1n) is 25.4. The second kappa shape index (κ2) is 46.9. The molecule has 0 saturated heterocycles. The molecule has 0 heterocycles. The molecule has 0 aliphatic carbocycles. The van der Waals surface area contributed by atoms with Crippen molar-refractivity contribution in [3.63, 3.8) is 0 Å². The van der Waals surface area contributed by atoms with Crippen LogP contribution in [0.2, 0.25) is 0 Å². The number of esters is 1. The fraction of sp³-hybridized carbons (Fsp3) is 0.811. The Labute approximate surface area is 366 Å². The topological polar surface area (TPSA) is 95.9 Å². The summed E-state index contributed by atoms with van der Waals surface area (Å²) >= 11 is 0. The summed E-state index contributed by atoms with van der Waals surface area (Å²) in [5.74, 6) is -0.535. The summed E-state index contributed by atoms with van der Waals surface area (Å²) in [5, 5.41) is 23.6. The van der Waals surface area contributed by atoms with Gasteiger partial charge in [0.2, 0.25) is 5.91 Å². The highest BCUT2D eigenvalue weighted by atomic mass is 16.5. The molecule has 3 N–H and O–H groups in total. The van der Waals surface area contributed by atoms with Crippen molar-refractivity contribution in [1.82, 2.24) is 5.32 Å². The van der Waals surface area contributed by atoms with Crippen LogP contribution in [0.1, 0.15) is 252 Å². The lowest BCUT2D eigenvalue weighted by Crippen LogP contribution is -2.46. The highest BCUT2D eigenvalue weighted by molar-refractivity contribution is 5.77. The maximum Gasteiger partial charge on any atom is 0.306 e. The van der Waals surface area contributed by atoms with Crippen LogP contribution in [0.3, 0.4) is 0 Å². The number of rotatable bonds is 45. The normalized spacial score (nSPS) is 13.6. The van der Waals surface area contributed by atoms with E-state index < -0.39 is 18.2 Å². The molecule has 0 radical (unpaired) electrons. The van der Waals surface area contributed by atoms with E-state index in [1.807, 2.05) is 36.5 Å². The molecule has 0 spiro atoms. The van der Waals surface area contributed by atoms with E-state index in [0.29, 0.717) is 19.3 Å². The first-order chi connectivity index (χ1) is 29.0. The summed E-state index contributed by atoms with van der Waals surface area (Å²) in [6, 6.07) is -0.719. The Morgan fingerprint density at radius 3 is 1.36 bits per heavy atom. The van der Waals surface area contributed by atoms with Gasteiger partial charge in [-0.05, 0) is 38.5 Å². The molecule has 0 saturated carbocycles. The van der Waals surface area contributed by atoms with Gasteiger partial charge in [0.1, 0.15) is 6.10 Å². The standard InChI is InChI=1S/C53H97NO5/c1-4-7-10-13-16-19-22-23-24-25-26-27-28-29-31-34-37-40-43-46-53(58)59-49(44-41-38-35-32-30-20-17-14-11-8-5-2)47-52(57)54-50(48-55)51(56)45-42-39-36-33-21-18-15-12-9-6-3/h8,11,14,17,20,30,32,35,49-51,55-56H,4-7,9-10,12-13,15-16,18-19,21-29,31,33-34,36-48H2,1-3H3,(H,54,57)/b11-8+,17-14+,30-20-,35-32-. The zero-order valence-electron chi connectivity index (χ0n) is 39.1. The molecule has 3 atom stereocenters. The van der Waals surface area contributed by atoms with Crippen LogP contribution in [0, 0.1) is 0 Å². The Morgan fingerprint density at radius 1 is 0.508 bits per heavy atom. The van der Waals surface area contributed by atoms with Crippen molar-refractivity contribution in [1.29, 1.82) is 0 Å². The molecule has 0 aliphatic heterocycles. The van der Waals surface area contributed by atoms with Gasteiger partial charge in [-0.3, -0.25) is 9.59 Å². The lowest BCUT2D eigenvalue weighted by Gasteiger charge is -2.24. The molecule has 0 bridgehead atoms. The molecule has 0 fully saturated rings. The minimum Gasteiger partial charge on any atom is -0.462 e. The van der Waals surface area contributed by atoms with Gasteiger partial charge in [0.15, 0.2) is 0 Å². The molecule has 0 aromatic carbocycles. The van der Waals surface area contributed by atoms with Crippen LogP contribution >= 0.6 is 0 Å². The largest absolute Gasteiger partial charge is 0.462 e. The van der Waals surface area contributed by atoms with E-state index in [0.717, 1.165) is 57.8 Å². The number of aliphatic hydroxyl groups is 2. The highest BCUT2D eigenvalue weighted by Crippen LogP contribution is 2.18. The number of unbranched alkanes of at least 4 members (excludes halogenated alkanes) is 28. The SMILES string of the molecule is CC/C=C/C=C/C=C\C=C/CCCC(CC(=O)NC(CO)C(O)CCCCCCCCCCCC)OC(=O)CCCCCCCCCCCCCCCCCCCCC. The summed E-state index contributed by atoms with van der Waals surface area (Å²) in [7, 11) is 0. The molecule has 344 valence electrons. The van der Waals surface area contributed by atoms with Crippen LogP contribution in [-0.4, -0.2) is 46.9 Å². The number of ether oxygens (including phenoxy) is 1. The monoisotopic (exact) mass is 828 g/mol. The molecule has 3 unspecified atom stereocenters. The number of nitrogens with one attached hydrogen (secondary N) is 1. The molecule has 0 aromatic rings. The van der Waals surface area contributed by atoms with E-state index in [1.165, 1.54) is 148 Å². The smallest absolute Gasteiger partial charge is 0.306 e. The maximum atomic E-state index is 13.1. The average molecular weight is 828 g/mol. The summed E-state index contributed by atoms with van der Waals surface area (Å²) in [6.45, 7) is 6.32. The van der Waals surface area contributed by atoms with Gasteiger partial charge in [0.25, 0.3) is 0 Å². The molecule has 6 nitrogen and oxygen atoms in total. The van der Waals surface area contributed by atoms with Gasteiger partial charge in [0.05, 0.1) is 25.2 Å². The van der Waals surface area contributed by atoms with Crippen LogP contribution in [0.4, 0.5) is 0 Å². The Bertz CT molecular complexity index is 1020. The van der Waals surface area contributed by atoms with E-state index >= 15 is 0 Å². The summed E-state index contributed by atoms with van der Waals surface area (Å²) in [4.78, 5) is 26.0. The van der Waals surface area contributed by atoms with E-state index in [2.05, 4.69) is 38.2 Å². The zero-order valence-corrected chi connectivity index (χ0v) is 39.1. The minimum atomic E-state index is -0.802. The highest BCUT2D eigenvalue weighted by Gasteiger charge is 2.24. The minimum absolute atomic E-state index is 0.0338. The van der Waals surface area contributed by atoms with Gasteiger partial charge in [-0.25, -0.2) is 0 Å². The fourth-order valence-corrected chi connectivity index (χ4v) is 7.68. The number of amides is 1. The first-order valence-corrected chi connectivity index (χ1v) is 25.4. The molecular weight excluding hydrogens is 731 g/mol. The average Bonchev–Trinajstić information content (AvgIpc) is 3.23. The van der Waals surface area contributed by atoms with Crippen LogP contribution < -0.4 is 5.32 Å². The fourth-order valence-electron chi connectivity index (χ4n) is 7.68. The van der Waals surface area contributed by atoms with Crippen molar-refractivity contribution >= 4 is 11.9 Å². The number of carbonyl (C=O) groups excluding carboxylic acids is 2. The molecule has 0 aliphatic rings. The Balaban J connectivity index is 4.51. The molecule has 0 rings (SSSR count). The van der Waals surface area contributed by atoms with Gasteiger partial charge in [-0.1, -0.05) is 249 Å². The summed E-state index contributed by atoms with van der Waals surface area (Å²) in [5.41, 5.74) is 0. The summed E-state index contributed by atoms with van der Waals surface area (Å²) in [6.07, 6.45) is 56.2. The number of aliphatic hydroxyl groups excluding tert-OH is 2. The second-order valence-corrected chi connectivity index (χ2v) is 17.3. The van der Waals surface area contributed by atoms with E-state index in [-0.39, 0.29) is 24.9 Å². The number of hydrogen-bond acceptors (Lipinski definition) is 5. The number of hydrogen-bond donors (Lipinski definition) is 3. The van der Waals surface area contributed by atoms with Crippen molar-refractivity contribution in [2.45, 2.75) is 270 Å². The molecule has 1 amide bonds. The third kappa shape index (κ3) is 42.3. The summed E-state index contributed by atoms with van der Waals surface area (Å²) < 4.78 is 5.89. The van der Waals surface area contributed by atoms with E-state index in [4.69, 9.17) is 4.74 Å². The quantitative estimate of drug-likeness (QED) is 0.0323. The molecular formula is C53H97NO5. The van der Waals surface area contributed by atoms with Gasteiger partial charge in [0, 0.05) is 6.42 Å². The Morgan fingerprint density at radius 2 is 0.915 bits per heavy atom. The van der Waals surface area contributed by atoms with Crippen LogP contribution in [0.5, 0.6) is 0 Å². The lowest BCUT2D eigenvalue weighted by molar-refractivity contribution is -0.151. The molecule has 0 aromatic heterocycles. The predicted molar refractivity (Wildman–Crippen MR) is 255 cm³/mol. The van der Waals surface area contributed by atoms with Gasteiger partial charge in [-0.15, -0.1) is 0 Å². The second-order valence-electron chi connectivity index (χ2n) is 17.3. The molecule has 6 heteroatoms. The maximum absolute atomic E-state index is 13.1. The zero-order chi connectivity index (χ0) is 43.1. The van der Waals surface area contributed by atoms with Crippen LogP contribution in [-0.2, 0) is 14.3 Å². The van der Waals surface area contributed by atoms with Crippen molar-refractivity contribution in [2.75, 3.05) is 6.61 Å². The van der Waals surface area contributed by atoms with Gasteiger partial charge < -0.3 is 20.3 Å². The Kier molecular flexibility index (Phi) is 45.1. The van der Waals surface area contributed by atoms with Crippen molar-refractivity contribution < 1.29 is 24.5 Å². The van der Waals surface area contributed by atoms with E-state index in [1.54, 1.807) is 0 Å². The lowest BCUT2D eigenvalue weighted by atomic mass is 10.0. The van der Waals surface area contributed by atoms with Crippen molar-refractivity contribution in [3.8, 4) is 0 Å². The van der Waals surface area contributed by atoms with Crippen molar-refractivity contribution in [3.05, 3.63) is 48.6 Å². The Hall–Kier alpha value is -2.18. The third-order valence-electron chi connectivity index (χ3n) is 11.5. The van der Waals surface area contributed by atoms with Crippen LogP contribution in [0.15, 0.2) is 48.6 Å². The van der Waals surface area contributed by atoms with Crippen LogP contribution in [0.25, 0.3) is 0 Å². The number of carbonyl (C=O) groups is 2. The van der Waals surface area contributed by atoms with Gasteiger partial charge >= 0.3 is 5.97 Å². The number of allylic oxidation sites excluding steroid dienone is 8. The predicted octanol–water partition coefficient (Wildman–Crippen LogP) is 15.1. The first kappa shape index (κ1) is 56.8. The molecule has 59 heavy (non-hydrogen) atoms. The van der Waals surface area contributed by atoms with Crippen molar-refractivity contribution in [2.24, 2.45) is 0 Å². The van der Waals surface area contributed by atoms with Gasteiger partial charge in [-0.2, -0.15) is 0 Å².